The lowest BCUT2D eigenvalue weighted by Crippen LogP contribution is -2.41. The predicted octanol–water partition coefficient (Wildman–Crippen LogP) is 1.49. The third-order valence-electron chi connectivity index (χ3n) is 4.21. The van der Waals surface area contributed by atoms with E-state index in [0.29, 0.717) is 25.6 Å². The highest BCUT2D eigenvalue weighted by Crippen LogP contribution is 2.41. The third-order valence-corrected chi connectivity index (χ3v) is 6.07. The summed E-state index contributed by atoms with van der Waals surface area (Å²) < 4.78 is 28.2. The van der Waals surface area contributed by atoms with E-state index in [1.54, 1.807) is 15.2 Å². The van der Waals surface area contributed by atoms with E-state index >= 15 is 0 Å². The van der Waals surface area contributed by atoms with Crippen LogP contribution in [0.2, 0.25) is 0 Å². The van der Waals surface area contributed by atoms with Crippen LogP contribution in [0.3, 0.4) is 0 Å². The molecule has 0 atom stereocenters. The molecule has 1 aromatic heterocycles. The Kier molecular flexibility index (Phi) is 3.17. The van der Waals surface area contributed by atoms with E-state index in [2.05, 4.69) is 15.3 Å². The van der Waals surface area contributed by atoms with Crippen molar-refractivity contribution in [2.24, 2.45) is 16.1 Å². The molecule has 0 spiro atoms. The molecule has 0 aromatic carbocycles. The van der Waals surface area contributed by atoms with Gasteiger partial charge in [-0.3, -0.25) is 4.68 Å². The number of hydrogen-bond donors (Lipinski definition) is 0. The van der Waals surface area contributed by atoms with Gasteiger partial charge in [-0.1, -0.05) is 0 Å². The third kappa shape index (κ3) is 2.26. The van der Waals surface area contributed by atoms with E-state index in [-0.39, 0.29) is 10.6 Å². The van der Waals surface area contributed by atoms with E-state index in [0.717, 1.165) is 12.8 Å². The fourth-order valence-electron chi connectivity index (χ4n) is 2.69. The van der Waals surface area contributed by atoms with E-state index in [1.165, 1.54) is 6.20 Å². The van der Waals surface area contributed by atoms with Crippen LogP contribution in [0.4, 0.5) is 0 Å². The Morgan fingerprint density at radius 3 is 2.50 bits per heavy atom. The highest BCUT2D eigenvalue weighted by atomic mass is 32.2. The second-order valence-electron chi connectivity index (χ2n) is 5.50. The molecule has 7 nitrogen and oxygen atoms in total. The van der Waals surface area contributed by atoms with Gasteiger partial charge in [-0.25, -0.2) is 8.42 Å². The Morgan fingerprint density at radius 2 is 2.00 bits per heavy atom. The van der Waals surface area contributed by atoms with Crippen LogP contribution in [0.15, 0.2) is 27.5 Å². The molecular weight excluding hydrogens is 278 g/mol. The van der Waals surface area contributed by atoms with Gasteiger partial charge in [-0.15, -0.1) is 0 Å². The van der Waals surface area contributed by atoms with Crippen molar-refractivity contribution in [1.82, 2.24) is 14.1 Å². The van der Waals surface area contributed by atoms with Crippen molar-refractivity contribution in [2.45, 2.75) is 43.8 Å². The van der Waals surface area contributed by atoms with Gasteiger partial charge >= 0.3 is 0 Å². The lowest BCUT2D eigenvalue weighted by atomic mass is 9.89. The molecule has 0 saturated carbocycles. The largest absolute Gasteiger partial charge is 0.272 e. The lowest BCUT2D eigenvalue weighted by molar-refractivity contribution is 0.232. The van der Waals surface area contributed by atoms with Crippen LogP contribution >= 0.6 is 0 Å². The molecule has 110 valence electrons. The van der Waals surface area contributed by atoms with Crippen LogP contribution in [0.1, 0.15) is 26.7 Å². The standard InChI is InChI=1S/C12H19N5O2S/c1-3-16-9-11(8-13-16)20(18,19)17-6-4-10(5-7-17)12(2)14-15-12/h8-10H,3-7H2,1-2H3. The molecule has 8 heteroatoms. The summed E-state index contributed by atoms with van der Waals surface area (Å²) in [5.41, 5.74) is -0.247. The van der Waals surface area contributed by atoms with Gasteiger partial charge in [-0.2, -0.15) is 19.6 Å². The summed E-state index contributed by atoms with van der Waals surface area (Å²) >= 11 is 0. The van der Waals surface area contributed by atoms with Crippen molar-refractivity contribution >= 4 is 10.0 Å². The fraction of sp³-hybridized carbons (Fsp3) is 0.750. The van der Waals surface area contributed by atoms with Gasteiger partial charge in [0.05, 0.1) is 6.20 Å². The van der Waals surface area contributed by atoms with Crippen LogP contribution < -0.4 is 0 Å². The van der Waals surface area contributed by atoms with E-state index in [9.17, 15) is 8.42 Å². The second-order valence-corrected chi connectivity index (χ2v) is 7.44. The van der Waals surface area contributed by atoms with Crippen molar-refractivity contribution in [2.75, 3.05) is 13.1 Å². The van der Waals surface area contributed by atoms with Crippen LogP contribution in [-0.4, -0.2) is 41.3 Å². The van der Waals surface area contributed by atoms with Gasteiger partial charge < -0.3 is 0 Å². The van der Waals surface area contributed by atoms with Gasteiger partial charge in [0.15, 0.2) is 5.66 Å². The first-order valence-corrected chi connectivity index (χ1v) is 8.36. The summed E-state index contributed by atoms with van der Waals surface area (Å²) in [7, 11) is -3.41. The molecular formula is C12H19N5O2S. The first-order valence-electron chi connectivity index (χ1n) is 6.92. The summed E-state index contributed by atoms with van der Waals surface area (Å²) in [6.07, 6.45) is 4.64. The van der Waals surface area contributed by atoms with Gasteiger partial charge in [0.25, 0.3) is 0 Å². The van der Waals surface area contributed by atoms with Crippen molar-refractivity contribution in [1.29, 1.82) is 0 Å². The molecule has 0 N–H and O–H groups in total. The molecule has 0 aliphatic carbocycles. The number of nitrogens with zero attached hydrogens (tertiary/aromatic N) is 5. The zero-order valence-electron chi connectivity index (χ0n) is 11.7. The zero-order chi connectivity index (χ0) is 14.4. The van der Waals surface area contributed by atoms with Crippen molar-refractivity contribution < 1.29 is 8.42 Å². The molecule has 2 aliphatic rings. The Bertz CT molecular complexity index is 622. The monoisotopic (exact) mass is 297 g/mol. The number of piperidine rings is 1. The van der Waals surface area contributed by atoms with Crippen LogP contribution in [0.5, 0.6) is 0 Å². The second kappa shape index (κ2) is 4.63. The highest BCUT2D eigenvalue weighted by molar-refractivity contribution is 7.89. The van der Waals surface area contributed by atoms with Crippen LogP contribution in [-0.2, 0) is 16.6 Å². The number of sulfonamides is 1. The maximum atomic E-state index is 12.5. The molecule has 20 heavy (non-hydrogen) atoms. The Morgan fingerprint density at radius 1 is 1.35 bits per heavy atom. The SMILES string of the molecule is CCn1cc(S(=O)(=O)N2CCC(C3(C)N=N3)CC2)cn1. The minimum absolute atomic E-state index is 0.247. The van der Waals surface area contributed by atoms with E-state index < -0.39 is 10.0 Å². The molecule has 0 amide bonds. The van der Waals surface area contributed by atoms with Crippen LogP contribution in [0, 0.1) is 5.92 Å². The van der Waals surface area contributed by atoms with Gasteiger partial charge in [0.1, 0.15) is 4.90 Å². The van der Waals surface area contributed by atoms with Crippen molar-refractivity contribution in [3.05, 3.63) is 12.4 Å². The minimum Gasteiger partial charge on any atom is -0.272 e. The molecule has 2 aliphatic heterocycles. The Balaban J connectivity index is 1.70. The number of rotatable bonds is 4. The Hall–Kier alpha value is -1.28. The van der Waals surface area contributed by atoms with Gasteiger partial charge in [0.2, 0.25) is 10.0 Å². The van der Waals surface area contributed by atoms with Crippen molar-refractivity contribution in [3.63, 3.8) is 0 Å². The smallest absolute Gasteiger partial charge is 0.246 e. The number of aryl methyl sites for hydroxylation is 1. The summed E-state index contributed by atoms with van der Waals surface area (Å²) in [5.74, 6) is 0.368. The number of hydrogen-bond acceptors (Lipinski definition) is 5. The molecule has 3 heterocycles. The molecule has 0 unspecified atom stereocenters. The highest BCUT2D eigenvalue weighted by Gasteiger charge is 2.45. The average molecular weight is 297 g/mol. The fourth-order valence-corrected chi connectivity index (χ4v) is 4.11. The topological polar surface area (TPSA) is 79.9 Å². The number of aromatic nitrogens is 2. The quantitative estimate of drug-likeness (QED) is 0.844. The lowest BCUT2D eigenvalue weighted by Gasteiger charge is -2.32. The van der Waals surface area contributed by atoms with E-state index in [4.69, 9.17) is 0 Å². The molecule has 0 radical (unpaired) electrons. The predicted molar refractivity (Wildman–Crippen MR) is 72.6 cm³/mol. The first-order chi connectivity index (χ1) is 9.45. The van der Waals surface area contributed by atoms with Gasteiger partial charge in [0, 0.05) is 31.7 Å². The van der Waals surface area contributed by atoms with E-state index in [1.807, 2.05) is 13.8 Å². The molecule has 1 aromatic rings. The Labute approximate surface area is 118 Å². The maximum Gasteiger partial charge on any atom is 0.246 e. The van der Waals surface area contributed by atoms with Crippen LogP contribution in [0.25, 0.3) is 0 Å². The summed E-state index contributed by atoms with van der Waals surface area (Å²) in [6, 6.07) is 0. The zero-order valence-corrected chi connectivity index (χ0v) is 12.5. The summed E-state index contributed by atoms with van der Waals surface area (Å²) in [4.78, 5) is 0.282. The molecule has 1 fully saturated rings. The first kappa shape index (κ1) is 13.7. The minimum atomic E-state index is -3.41. The average Bonchev–Trinajstić information content (AvgIpc) is 3.03. The van der Waals surface area contributed by atoms with Crippen molar-refractivity contribution in [3.8, 4) is 0 Å². The maximum absolute atomic E-state index is 12.5. The molecule has 3 rings (SSSR count). The summed E-state index contributed by atoms with van der Waals surface area (Å²) in [6.45, 7) is 5.67. The normalized spacial score (nSPS) is 23.1. The molecule has 0 bridgehead atoms. The summed E-state index contributed by atoms with van der Waals surface area (Å²) in [5, 5.41) is 12.2. The molecule has 1 saturated heterocycles. The van der Waals surface area contributed by atoms with Gasteiger partial charge in [-0.05, 0) is 26.7 Å².